The van der Waals surface area contributed by atoms with E-state index in [1.165, 1.54) is 13.3 Å². The molecule has 4 N–H and O–H groups in total. The Labute approximate surface area is 131 Å². The average molecular weight is 314 g/mol. The molecule has 0 amide bonds. The summed E-state index contributed by atoms with van der Waals surface area (Å²) in [6.45, 7) is 0.151. The first-order valence-electron chi connectivity index (χ1n) is 6.35. The molecular formula is C14H14N6O3. The van der Waals surface area contributed by atoms with Crippen LogP contribution in [-0.4, -0.2) is 36.1 Å². The van der Waals surface area contributed by atoms with Crippen LogP contribution in [0.2, 0.25) is 0 Å². The van der Waals surface area contributed by atoms with Crippen molar-refractivity contribution in [1.82, 2.24) is 10.3 Å². The van der Waals surface area contributed by atoms with Gasteiger partial charge in [-0.1, -0.05) is 5.92 Å². The lowest BCUT2D eigenvalue weighted by Crippen LogP contribution is -2.15. The van der Waals surface area contributed by atoms with E-state index in [2.05, 4.69) is 31.1 Å². The standard InChI is InChI=1S/C14H14N6O3/c1-3-6-22-10-5-4-9(7-11(10)21-2)8-17-18-13(15)12-14(16)20-23-19-12/h1,4-5,7-8H,6H2,2H3,(H2,15,18)(H2,16,20)/b17-8+. The molecule has 0 aliphatic carbocycles. The molecule has 0 saturated carbocycles. The van der Waals surface area contributed by atoms with E-state index in [1.807, 2.05) is 0 Å². The fraction of sp³-hybridized carbons (Fsp3) is 0.143. The monoisotopic (exact) mass is 314 g/mol. The van der Waals surface area contributed by atoms with Gasteiger partial charge in [0.25, 0.3) is 0 Å². The summed E-state index contributed by atoms with van der Waals surface area (Å²) < 4.78 is 15.0. The smallest absolute Gasteiger partial charge is 0.199 e. The SMILES string of the molecule is C#CCOc1ccc(/C=N/N=C(/N)c2nonc2N)cc1OC. The van der Waals surface area contributed by atoms with Crippen LogP contribution >= 0.6 is 0 Å². The van der Waals surface area contributed by atoms with Gasteiger partial charge >= 0.3 is 0 Å². The number of nitrogen functional groups attached to an aromatic ring is 1. The Balaban J connectivity index is 2.14. The van der Waals surface area contributed by atoms with Crippen LogP contribution in [0.5, 0.6) is 11.5 Å². The van der Waals surface area contributed by atoms with Gasteiger partial charge < -0.3 is 20.9 Å². The second kappa shape index (κ2) is 7.46. The molecule has 0 atom stereocenters. The fourth-order valence-corrected chi connectivity index (χ4v) is 1.58. The summed E-state index contributed by atoms with van der Waals surface area (Å²) in [6.07, 6.45) is 6.63. The predicted octanol–water partition coefficient (Wildman–Crippen LogP) is 0.412. The first kappa shape index (κ1) is 15.8. The van der Waals surface area contributed by atoms with Crippen molar-refractivity contribution in [3.63, 3.8) is 0 Å². The van der Waals surface area contributed by atoms with Gasteiger partial charge in [0.2, 0.25) is 0 Å². The van der Waals surface area contributed by atoms with Crippen LogP contribution in [0.1, 0.15) is 11.3 Å². The number of hydrogen-bond acceptors (Lipinski definition) is 8. The van der Waals surface area contributed by atoms with Gasteiger partial charge in [-0.3, -0.25) is 0 Å². The van der Waals surface area contributed by atoms with E-state index in [-0.39, 0.29) is 24.0 Å². The molecule has 9 nitrogen and oxygen atoms in total. The minimum Gasteiger partial charge on any atom is -0.493 e. The highest BCUT2D eigenvalue weighted by atomic mass is 16.6. The van der Waals surface area contributed by atoms with E-state index in [9.17, 15) is 0 Å². The molecule has 0 spiro atoms. The largest absolute Gasteiger partial charge is 0.493 e. The van der Waals surface area contributed by atoms with Crippen LogP contribution in [0, 0.1) is 12.3 Å². The zero-order valence-corrected chi connectivity index (χ0v) is 12.3. The second-order valence-corrected chi connectivity index (χ2v) is 4.13. The van der Waals surface area contributed by atoms with Gasteiger partial charge in [-0.05, 0) is 34.1 Å². The maximum absolute atomic E-state index is 5.67. The van der Waals surface area contributed by atoms with E-state index in [4.69, 9.17) is 27.4 Å². The van der Waals surface area contributed by atoms with Crippen molar-refractivity contribution in [2.75, 3.05) is 19.5 Å². The van der Waals surface area contributed by atoms with Crippen LogP contribution in [0.3, 0.4) is 0 Å². The van der Waals surface area contributed by atoms with Crippen LogP contribution in [0.4, 0.5) is 5.82 Å². The number of benzene rings is 1. The topological polar surface area (TPSA) is 134 Å². The highest BCUT2D eigenvalue weighted by Gasteiger charge is 2.10. The molecule has 0 aliphatic heterocycles. The summed E-state index contributed by atoms with van der Waals surface area (Å²) in [5, 5.41) is 14.5. The van der Waals surface area contributed by atoms with Crippen molar-refractivity contribution in [2.24, 2.45) is 15.9 Å². The first-order valence-corrected chi connectivity index (χ1v) is 6.35. The summed E-state index contributed by atoms with van der Waals surface area (Å²) in [5.41, 5.74) is 12.0. The van der Waals surface area contributed by atoms with Crippen molar-refractivity contribution in [3.05, 3.63) is 29.5 Å². The first-order chi connectivity index (χ1) is 11.2. The molecule has 1 aromatic carbocycles. The Morgan fingerprint density at radius 2 is 2.26 bits per heavy atom. The summed E-state index contributed by atoms with van der Waals surface area (Å²) in [5.74, 6) is 3.46. The third kappa shape index (κ3) is 3.98. The average Bonchev–Trinajstić information content (AvgIpc) is 2.99. The minimum absolute atomic E-state index is 0.0130. The highest BCUT2D eigenvalue weighted by molar-refractivity contribution is 5.99. The summed E-state index contributed by atoms with van der Waals surface area (Å²) in [6, 6.07) is 5.19. The molecule has 0 radical (unpaired) electrons. The molecule has 2 rings (SSSR count). The Kier molecular flexibility index (Phi) is 5.14. The van der Waals surface area contributed by atoms with Gasteiger partial charge in [-0.25, -0.2) is 4.63 Å². The van der Waals surface area contributed by atoms with Crippen molar-refractivity contribution < 1.29 is 14.1 Å². The van der Waals surface area contributed by atoms with E-state index >= 15 is 0 Å². The van der Waals surface area contributed by atoms with Crippen LogP contribution in [0.15, 0.2) is 33.0 Å². The van der Waals surface area contributed by atoms with Crippen LogP contribution < -0.4 is 20.9 Å². The molecule has 0 saturated heterocycles. The lowest BCUT2D eigenvalue weighted by atomic mass is 10.2. The Morgan fingerprint density at radius 3 is 2.91 bits per heavy atom. The number of ether oxygens (including phenoxy) is 2. The van der Waals surface area contributed by atoms with Crippen molar-refractivity contribution in [1.29, 1.82) is 0 Å². The van der Waals surface area contributed by atoms with Crippen LogP contribution in [0.25, 0.3) is 0 Å². The summed E-state index contributed by atoms with van der Waals surface area (Å²) in [7, 11) is 1.52. The molecular weight excluding hydrogens is 300 g/mol. The number of aromatic nitrogens is 2. The minimum atomic E-state index is -0.0130. The number of methoxy groups -OCH3 is 1. The van der Waals surface area contributed by atoms with Crippen LogP contribution in [-0.2, 0) is 0 Å². The highest BCUT2D eigenvalue weighted by Crippen LogP contribution is 2.27. The molecule has 0 aliphatic rings. The molecule has 1 aromatic heterocycles. The maximum atomic E-state index is 5.67. The van der Waals surface area contributed by atoms with Gasteiger partial charge in [0.05, 0.1) is 13.3 Å². The molecule has 1 heterocycles. The quantitative estimate of drug-likeness (QED) is 0.341. The van der Waals surface area contributed by atoms with Crippen molar-refractivity contribution in [3.8, 4) is 23.8 Å². The van der Waals surface area contributed by atoms with Crippen molar-refractivity contribution in [2.45, 2.75) is 0 Å². The number of nitrogens with two attached hydrogens (primary N) is 2. The molecule has 0 unspecified atom stereocenters. The van der Waals surface area contributed by atoms with Gasteiger partial charge in [-0.15, -0.1) is 11.5 Å². The van der Waals surface area contributed by atoms with Gasteiger partial charge in [-0.2, -0.15) is 5.10 Å². The van der Waals surface area contributed by atoms with E-state index < -0.39 is 0 Å². The predicted molar refractivity (Wildman–Crippen MR) is 84.4 cm³/mol. The third-order valence-electron chi connectivity index (χ3n) is 2.63. The van der Waals surface area contributed by atoms with E-state index in [0.29, 0.717) is 11.5 Å². The molecule has 23 heavy (non-hydrogen) atoms. The zero-order chi connectivity index (χ0) is 16.7. The van der Waals surface area contributed by atoms with Crippen molar-refractivity contribution >= 4 is 17.9 Å². The number of rotatable bonds is 6. The number of anilines is 1. The van der Waals surface area contributed by atoms with Gasteiger partial charge in [0.15, 0.2) is 28.8 Å². The lowest BCUT2D eigenvalue weighted by Gasteiger charge is -2.08. The Morgan fingerprint density at radius 1 is 1.43 bits per heavy atom. The van der Waals surface area contributed by atoms with Gasteiger partial charge in [0.1, 0.15) is 6.61 Å². The van der Waals surface area contributed by atoms with Gasteiger partial charge in [0, 0.05) is 0 Å². The van der Waals surface area contributed by atoms with E-state index in [0.717, 1.165) is 5.56 Å². The number of hydrogen-bond donors (Lipinski definition) is 2. The maximum Gasteiger partial charge on any atom is 0.199 e. The summed E-state index contributed by atoms with van der Waals surface area (Å²) in [4.78, 5) is 0. The fourth-order valence-electron chi connectivity index (χ4n) is 1.58. The third-order valence-corrected chi connectivity index (χ3v) is 2.63. The number of nitrogens with zero attached hydrogens (tertiary/aromatic N) is 4. The normalized spacial score (nSPS) is 11.4. The number of amidine groups is 1. The molecule has 0 fully saturated rings. The van der Waals surface area contributed by atoms with E-state index in [1.54, 1.807) is 18.2 Å². The zero-order valence-electron chi connectivity index (χ0n) is 12.3. The molecule has 2 aromatic rings. The molecule has 0 bridgehead atoms. The molecule has 118 valence electrons. The Bertz CT molecular complexity index is 775. The number of terminal acetylenes is 1. The lowest BCUT2D eigenvalue weighted by molar-refractivity contribution is 0.308. The second-order valence-electron chi connectivity index (χ2n) is 4.13. The Hall–Kier alpha value is -3.54. The molecule has 9 heteroatoms. The summed E-state index contributed by atoms with van der Waals surface area (Å²) >= 11 is 0.